The fourth-order valence-corrected chi connectivity index (χ4v) is 1.79. The summed E-state index contributed by atoms with van der Waals surface area (Å²) in [5, 5.41) is 0. The minimum atomic E-state index is -0.197. The van der Waals surface area contributed by atoms with E-state index in [4.69, 9.17) is 10.5 Å². The largest absolute Gasteiger partial charge is 0.380 e. The van der Waals surface area contributed by atoms with Gasteiger partial charge in [0, 0.05) is 27.2 Å². The predicted molar refractivity (Wildman–Crippen MR) is 72.1 cm³/mol. The van der Waals surface area contributed by atoms with Crippen molar-refractivity contribution >= 4 is 5.91 Å². The molecule has 0 fully saturated rings. The van der Waals surface area contributed by atoms with Crippen LogP contribution in [0, 0.1) is 6.92 Å². The Morgan fingerprint density at radius 1 is 1.50 bits per heavy atom. The standard InChI is InChI=1S/C14H22N2O2/c1-11-5-4-6-12(7-11)10-16(2)14(17)8-13(9-15)18-3/h4-7,13H,8-10,15H2,1-3H3. The van der Waals surface area contributed by atoms with Crippen LogP contribution in [0.1, 0.15) is 17.5 Å². The number of amides is 1. The number of hydrogen-bond acceptors (Lipinski definition) is 3. The Morgan fingerprint density at radius 3 is 2.78 bits per heavy atom. The number of nitrogens with two attached hydrogens (primary N) is 1. The quantitative estimate of drug-likeness (QED) is 0.828. The molecule has 0 heterocycles. The third-order valence-electron chi connectivity index (χ3n) is 2.93. The first-order chi connectivity index (χ1) is 8.56. The first-order valence-electron chi connectivity index (χ1n) is 6.09. The second-order valence-corrected chi connectivity index (χ2v) is 4.54. The fraction of sp³-hybridized carbons (Fsp3) is 0.500. The van der Waals surface area contributed by atoms with Crippen LogP contribution in [0.5, 0.6) is 0 Å². The van der Waals surface area contributed by atoms with E-state index in [1.54, 1.807) is 19.1 Å². The van der Waals surface area contributed by atoms with Crippen LogP contribution in [0.25, 0.3) is 0 Å². The zero-order valence-corrected chi connectivity index (χ0v) is 11.3. The Morgan fingerprint density at radius 2 is 2.22 bits per heavy atom. The van der Waals surface area contributed by atoms with Crippen LogP contribution < -0.4 is 5.73 Å². The molecule has 1 aromatic carbocycles. The summed E-state index contributed by atoms with van der Waals surface area (Å²) in [4.78, 5) is 13.7. The molecular weight excluding hydrogens is 228 g/mol. The van der Waals surface area contributed by atoms with Gasteiger partial charge >= 0.3 is 0 Å². The van der Waals surface area contributed by atoms with Gasteiger partial charge in [-0.25, -0.2) is 0 Å². The van der Waals surface area contributed by atoms with Crippen molar-refractivity contribution in [2.24, 2.45) is 5.73 Å². The lowest BCUT2D eigenvalue weighted by atomic mass is 10.1. The monoisotopic (exact) mass is 250 g/mol. The van der Waals surface area contributed by atoms with E-state index in [9.17, 15) is 4.79 Å². The minimum Gasteiger partial charge on any atom is -0.380 e. The Balaban J connectivity index is 2.54. The van der Waals surface area contributed by atoms with Crippen LogP contribution >= 0.6 is 0 Å². The van der Waals surface area contributed by atoms with E-state index in [0.29, 0.717) is 19.5 Å². The molecule has 0 aliphatic heterocycles. The summed E-state index contributed by atoms with van der Waals surface area (Å²) in [6.45, 7) is 3.02. The molecule has 0 aliphatic rings. The summed E-state index contributed by atoms with van der Waals surface area (Å²) in [7, 11) is 3.37. The van der Waals surface area contributed by atoms with Gasteiger partial charge in [-0.1, -0.05) is 29.8 Å². The zero-order valence-electron chi connectivity index (χ0n) is 11.3. The number of carbonyl (C=O) groups is 1. The number of benzene rings is 1. The predicted octanol–water partition coefficient (Wildman–Crippen LogP) is 1.32. The van der Waals surface area contributed by atoms with Gasteiger partial charge in [0.1, 0.15) is 0 Å². The molecule has 1 unspecified atom stereocenters. The SMILES string of the molecule is COC(CN)CC(=O)N(C)Cc1cccc(C)c1. The van der Waals surface area contributed by atoms with E-state index in [0.717, 1.165) is 5.56 Å². The highest BCUT2D eigenvalue weighted by Crippen LogP contribution is 2.08. The van der Waals surface area contributed by atoms with Crippen molar-refractivity contribution in [2.75, 3.05) is 20.7 Å². The van der Waals surface area contributed by atoms with Gasteiger partial charge in [0.2, 0.25) is 5.91 Å². The van der Waals surface area contributed by atoms with Crippen molar-refractivity contribution < 1.29 is 9.53 Å². The van der Waals surface area contributed by atoms with Crippen LogP contribution in [0.3, 0.4) is 0 Å². The summed E-state index contributed by atoms with van der Waals surface area (Å²) in [6, 6.07) is 8.15. The molecule has 0 bridgehead atoms. The molecule has 100 valence electrons. The lowest BCUT2D eigenvalue weighted by Crippen LogP contribution is -2.33. The van der Waals surface area contributed by atoms with Gasteiger partial charge in [-0.2, -0.15) is 0 Å². The van der Waals surface area contributed by atoms with Gasteiger partial charge in [0.05, 0.1) is 12.5 Å². The summed E-state index contributed by atoms with van der Waals surface area (Å²) >= 11 is 0. The van der Waals surface area contributed by atoms with Gasteiger partial charge in [-0.3, -0.25) is 4.79 Å². The second kappa shape index (κ2) is 7.13. The second-order valence-electron chi connectivity index (χ2n) is 4.54. The number of carbonyl (C=O) groups excluding carboxylic acids is 1. The smallest absolute Gasteiger partial charge is 0.225 e. The third kappa shape index (κ3) is 4.47. The molecule has 1 atom stereocenters. The van der Waals surface area contributed by atoms with Crippen LogP contribution in [0.4, 0.5) is 0 Å². The van der Waals surface area contributed by atoms with Crippen molar-refractivity contribution in [3.05, 3.63) is 35.4 Å². The lowest BCUT2D eigenvalue weighted by molar-refractivity contribution is -0.132. The molecule has 0 spiro atoms. The average Bonchev–Trinajstić information content (AvgIpc) is 2.35. The molecule has 1 amide bonds. The van der Waals surface area contributed by atoms with Crippen molar-refractivity contribution in [2.45, 2.75) is 26.0 Å². The number of methoxy groups -OCH3 is 1. The molecule has 2 N–H and O–H groups in total. The maximum atomic E-state index is 12.0. The third-order valence-corrected chi connectivity index (χ3v) is 2.93. The number of hydrogen-bond donors (Lipinski definition) is 1. The van der Waals surface area contributed by atoms with Crippen molar-refractivity contribution in [1.29, 1.82) is 0 Å². The highest BCUT2D eigenvalue weighted by Gasteiger charge is 2.15. The number of nitrogens with zero attached hydrogens (tertiary/aromatic N) is 1. The van der Waals surface area contributed by atoms with Gasteiger partial charge in [-0.15, -0.1) is 0 Å². The normalized spacial score (nSPS) is 12.2. The maximum absolute atomic E-state index is 12.0. The van der Waals surface area contributed by atoms with Crippen LogP contribution in [0.2, 0.25) is 0 Å². The lowest BCUT2D eigenvalue weighted by Gasteiger charge is -2.20. The van der Waals surface area contributed by atoms with E-state index in [1.165, 1.54) is 5.56 Å². The first kappa shape index (κ1) is 14.7. The highest BCUT2D eigenvalue weighted by atomic mass is 16.5. The van der Waals surface area contributed by atoms with Gasteiger partial charge in [-0.05, 0) is 12.5 Å². The maximum Gasteiger partial charge on any atom is 0.225 e. The molecule has 4 heteroatoms. The topological polar surface area (TPSA) is 55.6 Å². The van der Waals surface area contributed by atoms with Gasteiger partial charge in [0.25, 0.3) is 0 Å². The Labute approximate surface area is 109 Å². The fourth-order valence-electron chi connectivity index (χ4n) is 1.79. The van der Waals surface area contributed by atoms with Crippen LogP contribution in [-0.2, 0) is 16.1 Å². The van der Waals surface area contributed by atoms with Crippen LogP contribution in [-0.4, -0.2) is 37.6 Å². The molecule has 4 nitrogen and oxygen atoms in total. The molecule has 0 radical (unpaired) electrons. The zero-order chi connectivity index (χ0) is 13.5. The molecule has 18 heavy (non-hydrogen) atoms. The highest BCUT2D eigenvalue weighted by molar-refractivity contribution is 5.76. The van der Waals surface area contributed by atoms with Crippen molar-refractivity contribution in [3.63, 3.8) is 0 Å². The summed E-state index contributed by atoms with van der Waals surface area (Å²) in [6.07, 6.45) is 0.132. The van der Waals surface area contributed by atoms with Crippen LogP contribution in [0.15, 0.2) is 24.3 Å². The Kier molecular flexibility index (Phi) is 5.82. The summed E-state index contributed by atoms with van der Waals surface area (Å²) in [5.74, 6) is 0.0498. The molecule has 1 rings (SSSR count). The van der Waals surface area contributed by atoms with E-state index in [1.807, 2.05) is 25.1 Å². The van der Waals surface area contributed by atoms with Gasteiger partial charge < -0.3 is 15.4 Å². The van der Waals surface area contributed by atoms with Crippen molar-refractivity contribution in [3.8, 4) is 0 Å². The average molecular weight is 250 g/mol. The Hall–Kier alpha value is -1.39. The molecule has 1 aromatic rings. The van der Waals surface area contributed by atoms with E-state index >= 15 is 0 Å². The number of aryl methyl sites for hydroxylation is 1. The van der Waals surface area contributed by atoms with E-state index in [2.05, 4.69) is 6.07 Å². The number of rotatable bonds is 6. The molecule has 0 saturated heterocycles. The number of ether oxygens (including phenoxy) is 1. The first-order valence-corrected chi connectivity index (χ1v) is 6.09. The van der Waals surface area contributed by atoms with Gasteiger partial charge in [0.15, 0.2) is 0 Å². The molecule has 0 aromatic heterocycles. The molecule has 0 saturated carbocycles. The van der Waals surface area contributed by atoms with Crippen molar-refractivity contribution in [1.82, 2.24) is 4.90 Å². The molecular formula is C14H22N2O2. The summed E-state index contributed by atoms with van der Waals surface area (Å²) in [5.41, 5.74) is 7.84. The Bertz CT molecular complexity index is 389. The summed E-state index contributed by atoms with van der Waals surface area (Å²) < 4.78 is 5.12. The van der Waals surface area contributed by atoms with E-state index in [-0.39, 0.29) is 12.0 Å². The molecule has 0 aliphatic carbocycles. The van der Waals surface area contributed by atoms with E-state index < -0.39 is 0 Å². The minimum absolute atomic E-state index is 0.0498.